The Bertz CT molecular complexity index is 718. The molecule has 0 aliphatic rings. The van der Waals surface area contributed by atoms with Gasteiger partial charge >= 0.3 is 0 Å². The SMILES string of the molecule is COc1ccc2cc([C@H](C)C(=O)NCC(O)C(C)(C)C)ccc2c1. The Hall–Kier alpha value is -2.07. The highest BCUT2D eigenvalue weighted by molar-refractivity contribution is 5.88. The van der Waals surface area contributed by atoms with Gasteiger partial charge in [0.05, 0.1) is 19.1 Å². The van der Waals surface area contributed by atoms with Crippen LogP contribution in [0.15, 0.2) is 36.4 Å². The summed E-state index contributed by atoms with van der Waals surface area (Å²) in [5, 5.41) is 15.0. The molecule has 4 heteroatoms. The summed E-state index contributed by atoms with van der Waals surface area (Å²) in [5.74, 6) is 0.465. The van der Waals surface area contributed by atoms with Crippen molar-refractivity contribution >= 4 is 16.7 Å². The Morgan fingerprint density at radius 1 is 1.17 bits per heavy atom. The fourth-order valence-corrected chi connectivity index (χ4v) is 2.45. The molecular weight excluding hydrogens is 302 g/mol. The number of nitrogens with one attached hydrogen (secondary N) is 1. The normalized spacial score (nSPS) is 14.2. The fourth-order valence-electron chi connectivity index (χ4n) is 2.45. The molecule has 2 aromatic carbocycles. The minimum Gasteiger partial charge on any atom is -0.497 e. The van der Waals surface area contributed by atoms with Crippen LogP contribution < -0.4 is 10.1 Å². The molecule has 0 aromatic heterocycles. The highest BCUT2D eigenvalue weighted by atomic mass is 16.5. The van der Waals surface area contributed by atoms with E-state index in [2.05, 4.69) is 5.32 Å². The van der Waals surface area contributed by atoms with E-state index in [9.17, 15) is 9.90 Å². The van der Waals surface area contributed by atoms with E-state index in [0.29, 0.717) is 0 Å². The quantitative estimate of drug-likeness (QED) is 0.883. The summed E-state index contributed by atoms with van der Waals surface area (Å²) in [7, 11) is 1.65. The Labute approximate surface area is 143 Å². The zero-order chi connectivity index (χ0) is 17.9. The molecule has 0 radical (unpaired) electrons. The molecule has 0 aliphatic heterocycles. The van der Waals surface area contributed by atoms with E-state index >= 15 is 0 Å². The summed E-state index contributed by atoms with van der Waals surface area (Å²) in [5.41, 5.74) is 0.703. The van der Waals surface area contributed by atoms with Crippen LogP contribution >= 0.6 is 0 Å². The van der Waals surface area contributed by atoms with Crippen LogP contribution in [0.5, 0.6) is 5.75 Å². The smallest absolute Gasteiger partial charge is 0.227 e. The second-order valence-corrected chi connectivity index (χ2v) is 7.32. The minimum absolute atomic E-state index is 0.0776. The number of aliphatic hydroxyl groups excluding tert-OH is 1. The minimum atomic E-state index is -0.572. The van der Waals surface area contributed by atoms with E-state index in [0.717, 1.165) is 22.1 Å². The standard InChI is InChI=1S/C20H27NO3/c1-13(19(23)21-12-18(22)20(2,3)4)14-6-7-16-11-17(24-5)9-8-15(16)10-14/h6-11,13,18,22H,12H2,1-5H3,(H,21,23)/t13-,18?/m0/s1. The van der Waals surface area contributed by atoms with Gasteiger partial charge in [-0.3, -0.25) is 4.79 Å². The first-order valence-corrected chi connectivity index (χ1v) is 8.26. The molecule has 0 saturated heterocycles. The second-order valence-electron chi connectivity index (χ2n) is 7.32. The zero-order valence-electron chi connectivity index (χ0n) is 15.1. The van der Waals surface area contributed by atoms with E-state index in [4.69, 9.17) is 4.74 Å². The molecule has 130 valence electrons. The number of methoxy groups -OCH3 is 1. The molecule has 4 nitrogen and oxygen atoms in total. The average molecular weight is 329 g/mol. The van der Waals surface area contributed by atoms with Gasteiger partial charge in [-0.2, -0.15) is 0 Å². The van der Waals surface area contributed by atoms with Crippen LogP contribution in [0.1, 0.15) is 39.2 Å². The molecule has 2 atom stereocenters. The van der Waals surface area contributed by atoms with Crippen LogP contribution in [0.2, 0.25) is 0 Å². The van der Waals surface area contributed by atoms with E-state index in [-0.39, 0.29) is 23.8 Å². The molecule has 0 aliphatic carbocycles. The molecule has 2 N–H and O–H groups in total. The maximum absolute atomic E-state index is 12.4. The summed E-state index contributed by atoms with van der Waals surface area (Å²) in [4.78, 5) is 12.4. The number of amides is 1. The summed E-state index contributed by atoms with van der Waals surface area (Å²) in [6, 6.07) is 11.9. The van der Waals surface area contributed by atoms with Crippen LogP contribution in [0.3, 0.4) is 0 Å². The Kier molecular flexibility index (Phi) is 5.50. The summed E-state index contributed by atoms with van der Waals surface area (Å²) in [6.45, 7) is 7.99. The Morgan fingerprint density at radius 3 is 2.42 bits per heavy atom. The predicted octanol–water partition coefficient (Wildman–Crippen LogP) is 3.48. The lowest BCUT2D eigenvalue weighted by Gasteiger charge is -2.26. The van der Waals surface area contributed by atoms with Crippen LogP contribution in [-0.2, 0) is 4.79 Å². The van der Waals surface area contributed by atoms with Crippen LogP contribution in [0.25, 0.3) is 10.8 Å². The molecule has 24 heavy (non-hydrogen) atoms. The van der Waals surface area contributed by atoms with Crippen molar-refractivity contribution < 1.29 is 14.6 Å². The highest BCUT2D eigenvalue weighted by Crippen LogP contribution is 2.25. The molecule has 0 saturated carbocycles. The third kappa shape index (κ3) is 4.26. The van der Waals surface area contributed by atoms with Crippen molar-refractivity contribution in [1.82, 2.24) is 5.32 Å². The highest BCUT2D eigenvalue weighted by Gasteiger charge is 2.23. The zero-order valence-corrected chi connectivity index (χ0v) is 15.1. The van der Waals surface area contributed by atoms with Gasteiger partial charge in [-0.1, -0.05) is 45.0 Å². The fraction of sp³-hybridized carbons (Fsp3) is 0.450. The Balaban J connectivity index is 2.10. The predicted molar refractivity (Wildman–Crippen MR) is 97.4 cm³/mol. The third-order valence-corrected chi connectivity index (χ3v) is 4.43. The van der Waals surface area contributed by atoms with Crippen molar-refractivity contribution in [3.63, 3.8) is 0 Å². The van der Waals surface area contributed by atoms with Gasteiger partial charge in [0.1, 0.15) is 5.75 Å². The molecule has 1 amide bonds. The number of fused-ring (bicyclic) bond motifs is 1. The lowest BCUT2D eigenvalue weighted by atomic mass is 9.89. The van der Waals surface area contributed by atoms with Crippen LogP contribution in [0, 0.1) is 5.41 Å². The first-order valence-electron chi connectivity index (χ1n) is 8.26. The summed E-state index contributed by atoms with van der Waals surface area (Å²) in [6.07, 6.45) is -0.572. The van der Waals surface area contributed by atoms with Gasteiger partial charge < -0.3 is 15.2 Å². The number of aliphatic hydroxyl groups is 1. The monoisotopic (exact) mass is 329 g/mol. The number of carbonyl (C=O) groups excluding carboxylic acids is 1. The lowest BCUT2D eigenvalue weighted by Crippen LogP contribution is -2.40. The molecule has 0 heterocycles. The average Bonchev–Trinajstić information content (AvgIpc) is 2.56. The molecular formula is C20H27NO3. The third-order valence-electron chi connectivity index (χ3n) is 4.43. The van der Waals surface area contributed by atoms with Crippen LogP contribution in [0.4, 0.5) is 0 Å². The van der Waals surface area contributed by atoms with Gasteiger partial charge in [0.15, 0.2) is 0 Å². The number of hydrogen-bond donors (Lipinski definition) is 2. The van der Waals surface area contributed by atoms with Gasteiger partial charge in [0.25, 0.3) is 0 Å². The van der Waals surface area contributed by atoms with E-state index < -0.39 is 6.10 Å². The van der Waals surface area contributed by atoms with E-state index in [1.54, 1.807) is 7.11 Å². The van der Waals surface area contributed by atoms with Crippen molar-refractivity contribution in [2.45, 2.75) is 39.7 Å². The van der Waals surface area contributed by atoms with Gasteiger partial charge in [0, 0.05) is 6.54 Å². The largest absolute Gasteiger partial charge is 0.497 e. The lowest BCUT2D eigenvalue weighted by molar-refractivity contribution is -0.123. The van der Waals surface area contributed by atoms with E-state index in [1.165, 1.54) is 0 Å². The van der Waals surface area contributed by atoms with Crippen molar-refractivity contribution in [3.8, 4) is 5.75 Å². The topological polar surface area (TPSA) is 58.6 Å². The number of benzene rings is 2. The summed E-state index contributed by atoms with van der Waals surface area (Å²) >= 11 is 0. The summed E-state index contributed by atoms with van der Waals surface area (Å²) < 4.78 is 5.23. The van der Waals surface area contributed by atoms with Crippen molar-refractivity contribution in [3.05, 3.63) is 42.0 Å². The molecule has 2 rings (SSSR count). The van der Waals surface area contributed by atoms with Gasteiger partial charge in [0.2, 0.25) is 5.91 Å². The van der Waals surface area contributed by atoms with Gasteiger partial charge in [-0.15, -0.1) is 0 Å². The molecule has 2 aromatic rings. The number of hydrogen-bond acceptors (Lipinski definition) is 3. The van der Waals surface area contributed by atoms with E-state index in [1.807, 2.05) is 64.1 Å². The molecule has 1 unspecified atom stereocenters. The van der Waals surface area contributed by atoms with Crippen LogP contribution in [-0.4, -0.2) is 30.8 Å². The van der Waals surface area contributed by atoms with Crippen molar-refractivity contribution in [1.29, 1.82) is 0 Å². The number of carbonyl (C=O) groups is 1. The van der Waals surface area contributed by atoms with Gasteiger partial charge in [-0.05, 0) is 40.8 Å². The second kappa shape index (κ2) is 7.22. The first kappa shape index (κ1) is 18.3. The maximum Gasteiger partial charge on any atom is 0.227 e. The number of ether oxygens (including phenoxy) is 1. The molecule has 0 spiro atoms. The first-order chi connectivity index (χ1) is 11.2. The number of rotatable bonds is 5. The molecule has 0 bridgehead atoms. The van der Waals surface area contributed by atoms with Crippen molar-refractivity contribution in [2.75, 3.05) is 13.7 Å². The maximum atomic E-state index is 12.4. The van der Waals surface area contributed by atoms with Crippen molar-refractivity contribution in [2.24, 2.45) is 5.41 Å². The molecule has 0 fully saturated rings. The Morgan fingerprint density at radius 2 is 1.79 bits per heavy atom. The van der Waals surface area contributed by atoms with Gasteiger partial charge in [-0.25, -0.2) is 0 Å².